The molecule has 2 rings (SSSR count). The second kappa shape index (κ2) is 22.6. The van der Waals surface area contributed by atoms with Crippen LogP contribution < -0.4 is 5.32 Å². The number of amides is 2. The summed E-state index contributed by atoms with van der Waals surface area (Å²) in [6.45, 7) is 12.0. The summed E-state index contributed by atoms with van der Waals surface area (Å²) in [5, 5.41) is 22.2. The van der Waals surface area contributed by atoms with Gasteiger partial charge in [-0.25, -0.2) is 0 Å². The number of nitrogens with zero attached hydrogens (tertiary/aromatic N) is 2. The summed E-state index contributed by atoms with van der Waals surface area (Å²) in [7, 11) is 1.94. The fourth-order valence-corrected chi connectivity index (χ4v) is 3.88. The van der Waals surface area contributed by atoms with E-state index >= 15 is 0 Å². The predicted octanol–water partition coefficient (Wildman–Crippen LogP) is 4.92. The first-order valence-corrected chi connectivity index (χ1v) is 14.5. The Hall–Kier alpha value is -3.04. The molecule has 0 saturated heterocycles. The number of aliphatic hydroxyl groups excluding tert-OH is 2. The van der Waals surface area contributed by atoms with Crippen molar-refractivity contribution in [1.82, 2.24) is 15.1 Å². The summed E-state index contributed by atoms with van der Waals surface area (Å²) in [5.41, 5.74) is 3.35. The third-order valence-corrected chi connectivity index (χ3v) is 6.19. The minimum Gasteiger partial charge on any atom is -0.382 e. The Kier molecular flexibility index (Phi) is 20.9. The summed E-state index contributed by atoms with van der Waals surface area (Å²) in [5.74, 6) is -0.507. The van der Waals surface area contributed by atoms with Crippen LogP contribution in [0.4, 0.5) is 0 Å². The van der Waals surface area contributed by atoms with E-state index in [-0.39, 0.29) is 12.2 Å². The number of aldehydes is 1. The van der Waals surface area contributed by atoms with E-state index in [0.717, 1.165) is 42.1 Å². The lowest BCUT2D eigenvalue weighted by molar-refractivity contribution is -0.148. The molecule has 2 aromatic carbocycles. The highest BCUT2D eigenvalue weighted by Gasteiger charge is 2.27. The molecule has 2 amide bonds. The van der Waals surface area contributed by atoms with Gasteiger partial charge in [-0.2, -0.15) is 0 Å². The molecule has 3 N–H and O–H groups in total. The number of allylic oxidation sites excluding steroid dienone is 1. The van der Waals surface area contributed by atoms with Crippen molar-refractivity contribution in [3.05, 3.63) is 76.8 Å². The SMILES string of the molecule is CC/C=C(/c1ccc(CNC)cc1)N(CC)C(C)=O.CCCCN(CC)C(=O)C(O)C(O)C=O.Clc1ccccc1. The highest BCUT2D eigenvalue weighted by atomic mass is 35.5. The molecule has 0 radical (unpaired) electrons. The Labute approximate surface area is 251 Å². The first-order chi connectivity index (χ1) is 19.6. The molecule has 0 saturated carbocycles. The van der Waals surface area contributed by atoms with Gasteiger partial charge in [0.05, 0.1) is 0 Å². The van der Waals surface area contributed by atoms with Crippen LogP contribution >= 0.6 is 11.6 Å². The number of halogens is 1. The van der Waals surface area contributed by atoms with Gasteiger partial charge in [0, 0.05) is 43.8 Å². The van der Waals surface area contributed by atoms with Gasteiger partial charge >= 0.3 is 0 Å². The molecule has 0 aliphatic rings. The van der Waals surface area contributed by atoms with Crippen LogP contribution in [0.1, 0.15) is 65.0 Å². The summed E-state index contributed by atoms with van der Waals surface area (Å²) in [6.07, 6.45) is 1.69. The summed E-state index contributed by atoms with van der Waals surface area (Å²) in [6, 6.07) is 17.8. The summed E-state index contributed by atoms with van der Waals surface area (Å²) >= 11 is 5.54. The molecule has 0 aliphatic heterocycles. The topological polar surface area (TPSA) is 110 Å². The number of likely N-dealkylation sites (N-methyl/N-ethyl adjacent to an activating group) is 1. The van der Waals surface area contributed by atoms with E-state index in [4.69, 9.17) is 16.7 Å². The fourth-order valence-electron chi connectivity index (χ4n) is 3.73. The van der Waals surface area contributed by atoms with Gasteiger partial charge in [-0.3, -0.25) is 9.59 Å². The zero-order valence-corrected chi connectivity index (χ0v) is 26.1. The second-order valence-electron chi connectivity index (χ2n) is 9.13. The third-order valence-electron chi connectivity index (χ3n) is 5.94. The maximum Gasteiger partial charge on any atom is 0.254 e. The molecule has 8 nitrogen and oxygen atoms in total. The number of hydrogen-bond acceptors (Lipinski definition) is 6. The van der Waals surface area contributed by atoms with Gasteiger partial charge in [-0.05, 0) is 57.0 Å². The number of carbonyl (C=O) groups is 3. The average molecular weight is 590 g/mol. The van der Waals surface area contributed by atoms with Gasteiger partial charge in [-0.15, -0.1) is 0 Å². The molecule has 228 valence electrons. The normalized spacial score (nSPS) is 12.1. The van der Waals surface area contributed by atoms with Crippen molar-refractivity contribution in [1.29, 1.82) is 0 Å². The third kappa shape index (κ3) is 15.0. The van der Waals surface area contributed by atoms with Crippen molar-refractivity contribution in [2.24, 2.45) is 0 Å². The van der Waals surface area contributed by atoms with E-state index in [1.54, 1.807) is 13.8 Å². The van der Waals surface area contributed by atoms with Crippen LogP contribution in [0.25, 0.3) is 5.70 Å². The van der Waals surface area contributed by atoms with E-state index in [1.807, 2.05) is 56.1 Å². The summed E-state index contributed by atoms with van der Waals surface area (Å²) < 4.78 is 0. The quantitative estimate of drug-likeness (QED) is 0.286. The minimum atomic E-state index is -1.64. The Morgan fingerprint density at radius 1 is 0.976 bits per heavy atom. The minimum absolute atomic E-state index is 0.0847. The molecule has 2 unspecified atom stereocenters. The Bertz CT molecular complexity index is 1030. The van der Waals surface area contributed by atoms with Gasteiger partial charge in [0.2, 0.25) is 5.91 Å². The van der Waals surface area contributed by atoms with E-state index in [9.17, 15) is 19.5 Å². The Balaban J connectivity index is 0.000000643. The molecular formula is C32H48ClN3O5. The van der Waals surface area contributed by atoms with E-state index in [2.05, 4.69) is 42.6 Å². The van der Waals surface area contributed by atoms with Crippen LogP contribution in [0.3, 0.4) is 0 Å². The van der Waals surface area contributed by atoms with Crippen LogP contribution in [0.5, 0.6) is 0 Å². The number of hydrogen-bond donors (Lipinski definition) is 3. The standard InChI is InChI=1S/C16H24N2O.C10H19NO4.C6H5Cl/c1-5-7-16(18(6-2)13(3)19)15-10-8-14(9-11-15)12-17-4;1-3-5-6-11(4-2)10(15)9(14)8(13)7-12;7-6-4-2-1-3-5-6/h7-11,17H,5-6,12H2,1-4H3;7-9,13-14H,3-6H2,1-2H3;1-5H/b16-7-;;. The van der Waals surface area contributed by atoms with Crippen LogP contribution in [0.15, 0.2) is 60.7 Å². The number of unbranched alkanes of at least 4 members (excludes halogenated alkanes) is 1. The Morgan fingerprint density at radius 3 is 1.98 bits per heavy atom. The average Bonchev–Trinajstić information content (AvgIpc) is 2.98. The first-order valence-electron chi connectivity index (χ1n) is 14.1. The number of nitrogens with one attached hydrogen (secondary N) is 1. The fraction of sp³-hybridized carbons (Fsp3) is 0.469. The summed E-state index contributed by atoms with van der Waals surface area (Å²) in [4.78, 5) is 36.7. The number of aliphatic hydroxyl groups is 2. The van der Waals surface area contributed by atoms with Crippen molar-refractivity contribution in [3.63, 3.8) is 0 Å². The lowest BCUT2D eigenvalue weighted by Gasteiger charge is -2.24. The van der Waals surface area contributed by atoms with E-state index < -0.39 is 18.1 Å². The molecule has 41 heavy (non-hydrogen) atoms. The number of benzene rings is 2. The number of rotatable bonds is 13. The van der Waals surface area contributed by atoms with Crippen molar-refractivity contribution < 1.29 is 24.6 Å². The van der Waals surface area contributed by atoms with Crippen LogP contribution in [0.2, 0.25) is 5.02 Å². The zero-order valence-electron chi connectivity index (χ0n) is 25.3. The first kappa shape index (κ1) is 38.0. The second-order valence-corrected chi connectivity index (χ2v) is 9.56. The predicted molar refractivity (Wildman–Crippen MR) is 167 cm³/mol. The van der Waals surface area contributed by atoms with Gasteiger partial charge in [0.15, 0.2) is 12.4 Å². The van der Waals surface area contributed by atoms with E-state index in [1.165, 1.54) is 10.5 Å². The van der Waals surface area contributed by atoms with Crippen molar-refractivity contribution in [2.75, 3.05) is 26.7 Å². The Morgan fingerprint density at radius 2 is 1.59 bits per heavy atom. The van der Waals surface area contributed by atoms with Gasteiger partial charge in [0.1, 0.15) is 6.10 Å². The molecular weight excluding hydrogens is 542 g/mol. The maximum atomic E-state index is 11.7. The molecule has 2 aromatic rings. The molecule has 0 heterocycles. The van der Waals surface area contributed by atoms with Crippen molar-refractivity contribution >= 4 is 35.4 Å². The maximum absolute atomic E-state index is 11.7. The molecule has 9 heteroatoms. The smallest absolute Gasteiger partial charge is 0.254 e. The van der Waals surface area contributed by atoms with E-state index in [0.29, 0.717) is 19.6 Å². The largest absolute Gasteiger partial charge is 0.382 e. The highest BCUT2D eigenvalue weighted by Crippen LogP contribution is 2.21. The lowest BCUT2D eigenvalue weighted by Crippen LogP contribution is -2.45. The molecule has 0 fully saturated rings. The monoisotopic (exact) mass is 589 g/mol. The van der Waals surface area contributed by atoms with Gasteiger partial charge in [0.25, 0.3) is 5.91 Å². The molecule has 0 aromatic heterocycles. The number of carbonyl (C=O) groups excluding carboxylic acids is 3. The van der Waals surface area contributed by atoms with Crippen molar-refractivity contribution in [3.8, 4) is 0 Å². The lowest BCUT2D eigenvalue weighted by atomic mass is 10.1. The molecule has 0 spiro atoms. The zero-order chi connectivity index (χ0) is 31.2. The van der Waals surface area contributed by atoms with Crippen LogP contribution in [-0.2, 0) is 20.9 Å². The highest BCUT2D eigenvalue weighted by molar-refractivity contribution is 6.30. The van der Waals surface area contributed by atoms with Gasteiger partial charge in [-0.1, -0.05) is 80.4 Å². The molecule has 2 atom stereocenters. The van der Waals surface area contributed by atoms with Crippen molar-refractivity contribution in [2.45, 2.75) is 72.6 Å². The molecule has 0 aliphatic carbocycles. The van der Waals surface area contributed by atoms with Crippen LogP contribution in [0, 0.1) is 0 Å². The molecule has 0 bridgehead atoms. The van der Waals surface area contributed by atoms with Gasteiger partial charge < -0.3 is 30.1 Å². The van der Waals surface area contributed by atoms with Crippen LogP contribution in [-0.4, -0.2) is 77.0 Å².